The fraction of sp³-hybridized carbons (Fsp3) is 0.462. The molecule has 0 saturated carbocycles. The van der Waals surface area contributed by atoms with Crippen LogP contribution < -0.4 is 10.1 Å². The average Bonchev–Trinajstić information content (AvgIpc) is 2.37. The molecule has 19 heavy (non-hydrogen) atoms. The zero-order valence-corrected chi connectivity index (χ0v) is 10.8. The summed E-state index contributed by atoms with van der Waals surface area (Å²) >= 11 is 0. The zero-order chi connectivity index (χ0) is 14.5. The highest BCUT2D eigenvalue weighted by Gasteiger charge is 2.30. The molecule has 0 aliphatic rings. The van der Waals surface area contributed by atoms with Crippen LogP contribution >= 0.6 is 0 Å². The first-order chi connectivity index (χ1) is 8.88. The topological polar surface area (TPSA) is 38.3 Å². The molecule has 0 spiro atoms. The van der Waals surface area contributed by atoms with Crippen molar-refractivity contribution in [1.82, 2.24) is 5.32 Å². The molecular weight excluding hydrogens is 259 g/mol. The summed E-state index contributed by atoms with van der Waals surface area (Å²) in [6.07, 6.45) is -3.76. The molecule has 0 aromatic heterocycles. The number of hydrogen-bond acceptors (Lipinski definition) is 2. The highest BCUT2D eigenvalue weighted by molar-refractivity contribution is 5.75. The molecule has 3 nitrogen and oxygen atoms in total. The Bertz CT molecular complexity index is 444. The monoisotopic (exact) mass is 275 g/mol. The number of rotatable bonds is 5. The smallest absolute Gasteiger partial charge is 0.416 e. The van der Waals surface area contributed by atoms with Crippen LogP contribution in [0.1, 0.15) is 24.5 Å². The number of benzene rings is 1. The largest absolute Gasteiger partial charge is 0.493 e. The minimum atomic E-state index is -4.36. The lowest BCUT2D eigenvalue weighted by atomic mass is 10.1. The molecule has 1 aromatic carbocycles. The molecule has 0 aliphatic heterocycles. The van der Waals surface area contributed by atoms with Gasteiger partial charge < -0.3 is 10.1 Å². The highest BCUT2D eigenvalue weighted by atomic mass is 19.4. The number of aryl methyl sites for hydroxylation is 1. The Kier molecular flexibility index (Phi) is 5.20. The van der Waals surface area contributed by atoms with Crippen LogP contribution in [-0.2, 0) is 17.4 Å². The fourth-order valence-electron chi connectivity index (χ4n) is 1.55. The fourth-order valence-corrected chi connectivity index (χ4v) is 1.55. The third-order valence-electron chi connectivity index (χ3n) is 2.63. The van der Waals surface area contributed by atoms with Crippen molar-refractivity contribution in [3.8, 4) is 5.75 Å². The van der Waals surface area contributed by atoms with Gasteiger partial charge >= 0.3 is 6.18 Å². The van der Waals surface area contributed by atoms with E-state index in [9.17, 15) is 18.0 Å². The molecule has 0 heterocycles. The first kappa shape index (κ1) is 15.3. The van der Waals surface area contributed by atoms with Crippen molar-refractivity contribution in [2.24, 2.45) is 0 Å². The predicted molar refractivity (Wildman–Crippen MR) is 65.0 cm³/mol. The normalized spacial score (nSPS) is 11.2. The average molecular weight is 275 g/mol. The summed E-state index contributed by atoms with van der Waals surface area (Å²) in [7, 11) is 1.51. The van der Waals surface area contributed by atoms with Crippen molar-refractivity contribution < 1.29 is 22.7 Å². The first-order valence-corrected chi connectivity index (χ1v) is 5.92. The number of hydrogen-bond donors (Lipinski definition) is 1. The number of ether oxygens (including phenoxy) is 1. The third-order valence-corrected chi connectivity index (χ3v) is 2.63. The van der Waals surface area contributed by atoms with E-state index in [2.05, 4.69) is 5.32 Å². The van der Waals surface area contributed by atoms with E-state index in [1.54, 1.807) is 6.92 Å². The van der Waals surface area contributed by atoms with Gasteiger partial charge in [-0.2, -0.15) is 13.2 Å². The van der Waals surface area contributed by atoms with E-state index in [4.69, 9.17) is 4.74 Å². The second-order valence-electron chi connectivity index (χ2n) is 3.95. The van der Waals surface area contributed by atoms with Crippen LogP contribution in [0, 0.1) is 0 Å². The maximum Gasteiger partial charge on any atom is 0.416 e. The lowest BCUT2D eigenvalue weighted by Crippen LogP contribution is -2.20. The summed E-state index contributed by atoms with van der Waals surface area (Å²) in [4.78, 5) is 11.0. The molecule has 0 fully saturated rings. The summed E-state index contributed by atoms with van der Waals surface area (Å²) < 4.78 is 43.0. The van der Waals surface area contributed by atoms with Gasteiger partial charge in [-0.3, -0.25) is 4.79 Å². The summed E-state index contributed by atoms with van der Waals surface area (Å²) in [6.45, 7) is 1.89. The lowest BCUT2D eigenvalue weighted by molar-refractivity contribution is -0.137. The second kappa shape index (κ2) is 6.45. The first-order valence-electron chi connectivity index (χ1n) is 5.92. The van der Waals surface area contributed by atoms with Crippen molar-refractivity contribution in [3.63, 3.8) is 0 Å². The molecule has 1 N–H and O–H groups in total. The van der Waals surface area contributed by atoms with Crippen LogP contribution in [0.3, 0.4) is 0 Å². The minimum Gasteiger partial charge on any atom is -0.493 e. The molecule has 6 heteroatoms. The van der Waals surface area contributed by atoms with Gasteiger partial charge in [-0.25, -0.2) is 0 Å². The van der Waals surface area contributed by atoms with Gasteiger partial charge in [0.1, 0.15) is 5.75 Å². The Morgan fingerprint density at radius 2 is 2.05 bits per heavy atom. The molecule has 0 saturated heterocycles. The molecule has 0 unspecified atom stereocenters. The van der Waals surface area contributed by atoms with E-state index in [-0.39, 0.29) is 18.9 Å². The number of nitrogens with one attached hydrogen (secondary N) is 1. The molecule has 1 rings (SSSR count). The van der Waals surface area contributed by atoms with E-state index in [0.29, 0.717) is 17.7 Å². The quantitative estimate of drug-likeness (QED) is 0.897. The van der Waals surface area contributed by atoms with Crippen molar-refractivity contribution in [1.29, 1.82) is 0 Å². The SMILES string of the molecule is CCc1cc(C(F)(F)F)ccc1OCCC(=O)NC. The van der Waals surface area contributed by atoms with Crippen molar-refractivity contribution in [3.05, 3.63) is 29.3 Å². The maximum atomic E-state index is 12.5. The Morgan fingerprint density at radius 1 is 1.37 bits per heavy atom. The number of halogens is 3. The number of carbonyl (C=O) groups is 1. The molecule has 1 aromatic rings. The van der Waals surface area contributed by atoms with E-state index < -0.39 is 11.7 Å². The van der Waals surface area contributed by atoms with Crippen molar-refractivity contribution >= 4 is 5.91 Å². The van der Waals surface area contributed by atoms with E-state index in [0.717, 1.165) is 12.1 Å². The second-order valence-corrected chi connectivity index (χ2v) is 3.95. The Hall–Kier alpha value is -1.72. The van der Waals surface area contributed by atoms with Crippen LogP contribution in [0.25, 0.3) is 0 Å². The van der Waals surface area contributed by atoms with Gasteiger partial charge in [-0.15, -0.1) is 0 Å². The van der Waals surface area contributed by atoms with Crippen LogP contribution in [0.15, 0.2) is 18.2 Å². The Morgan fingerprint density at radius 3 is 2.58 bits per heavy atom. The van der Waals surface area contributed by atoms with Gasteiger partial charge in [0.25, 0.3) is 0 Å². The maximum absolute atomic E-state index is 12.5. The molecule has 106 valence electrons. The van der Waals surface area contributed by atoms with Gasteiger partial charge in [0.15, 0.2) is 0 Å². The van der Waals surface area contributed by atoms with E-state index in [1.165, 1.54) is 13.1 Å². The number of carbonyl (C=O) groups excluding carboxylic acids is 1. The Balaban J connectivity index is 2.76. The molecule has 0 aliphatic carbocycles. The Labute approximate surface area is 109 Å². The van der Waals surface area contributed by atoms with Gasteiger partial charge in [0.05, 0.1) is 18.6 Å². The summed E-state index contributed by atoms with van der Waals surface area (Å²) in [5.74, 6) is 0.212. The van der Waals surface area contributed by atoms with E-state index >= 15 is 0 Å². The van der Waals surface area contributed by atoms with Gasteiger partial charge in [-0.05, 0) is 30.2 Å². The van der Waals surface area contributed by atoms with Crippen molar-refractivity contribution in [2.75, 3.05) is 13.7 Å². The molecule has 0 bridgehead atoms. The molecular formula is C13H16F3NO2. The number of amides is 1. The molecule has 1 amide bonds. The van der Waals surface area contributed by atoms with Gasteiger partial charge in [0, 0.05) is 7.05 Å². The van der Waals surface area contributed by atoms with Crippen molar-refractivity contribution in [2.45, 2.75) is 25.9 Å². The zero-order valence-electron chi connectivity index (χ0n) is 10.8. The van der Waals surface area contributed by atoms with Crippen LogP contribution in [0.4, 0.5) is 13.2 Å². The third kappa shape index (κ3) is 4.46. The predicted octanol–water partition coefficient (Wildman–Crippen LogP) is 2.78. The van der Waals surface area contributed by atoms with Gasteiger partial charge in [-0.1, -0.05) is 6.92 Å². The number of alkyl halides is 3. The van der Waals surface area contributed by atoms with Crippen LogP contribution in [0.5, 0.6) is 5.75 Å². The summed E-state index contributed by atoms with van der Waals surface area (Å²) in [5.41, 5.74) is -0.213. The molecule has 0 radical (unpaired) electrons. The lowest BCUT2D eigenvalue weighted by Gasteiger charge is -2.13. The van der Waals surface area contributed by atoms with Crippen LogP contribution in [0.2, 0.25) is 0 Å². The van der Waals surface area contributed by atoms with Crippen LogP contribution in [-0.4, -0.2) is 19.6 Å². The van der Waals surface area contributed by atoms with E-state index in [1.807, 2.05) is 0 Å². The minimum absolute atomic E-state index is 0.137. The standard InChI is InChI=1S/C13H16F3NO2/c1-3-9-8-10(13(14,15)16)4-5-11(9)19-7-6-12(18)17-2/h4-5,8H,3,6-7H2,1-2H3,(H,17,18). The summed E-state index contributed by atoms with van der Waals surface area (Å²) in [5, 5.41) is 2.44. The summed E-state index contributed by atoms with van der Waals surface area (Å²) in [6, 6.07) is 3.36. The van der Waals surface area contributed by atoms with Gasteiger partial charge in [0.2, 0.25) is 5.91 Å². The highest BCUT2D eigenvalue weighted by Crippen LogP contribution is 2.32. The molecule has 0 atom stereocenters.